The first-order valence-electron chi connectivity index (χ1n) is 8.97. The van der Waals surface area contributed by atoms with Crippen LogP contribution in [0.5, 0.6) is 0 Å². The molecule has 0 fully saturated rings. The molecule has 0 radical (unpaired) electrons. The Morgan fingerprint density at radius 1 is 1.14 bits per heavy atom. The number of hydrogen-bond donors (Lipinski definition) is 0. The Labute approximate surface area is 192 Å². The number of rotatable bonds is 5. The lowest BCUT2D eigenvalue weighted by Gasteiger charge is -2.10. The van der Waals surface area contributed by atoms with Gasteiger partial charge in [-0.25, -0.2) is 0 Å². The van der Waals surface area contributed by atoms with Crippen LogP contribution < -0.4 is 4.80 Å². The van der Waals surface area contributed by atoms with Crippen LogP contribution in [0.2, 0.25) is 10.0 Å². The largest absolute Gasteiger partial charge is 0.316 e. The highest BCUT2D eigenvalue weighted by Crippen LogP contribution is 2.32. The number of carbonyl (C=O) groups excluding carboxylic acids is 1. The molecule has 1 aromatic heterocycles. The second-order valence-electron chi connectivity index (χ2n) is 6.18. The smallest absolute Gasteiger partial charge is 0.280 e. The maximum atomic E-state index is 12.8. The molecule has 0 saturated carbocycles. The lowest BCUT2D eigenvalue weighted by Crippen LogP contribution is -2.17. The predicted molar refractivity (Wildman–Crippen MR) is 126 cm³/mol. The molecule has 0 aliphatic heterocycles. The summed E-state index contributed by atoms with van der Waals surface area (Å²) in [5.74, 6) is -0.225. The van der Waals surface area contributed by atoms with E-state index in [2.05, 4.69) is 46.0 Å². The van der Waals surface area contributed by atoms with E-state index >= 15 is 0 Å². The number of carbonyl (C=O) groups is 1. The van der Waals surface area contributed by atoms with Crippen molar-refractivity contribution in [3.63, 3.8) is 0 Å². The van der Waals surface area contributed by atoms with Crippen molar-refractivity contribution in [3.8, 4) is 11.3 Å². The molecule has 3 nitrogen and oxygen atoms in total. The number of hydrogen-bond acceptors (Lipinski definition) is 2. The molecule has 28 heavy (non-hydrogen) atoms. The van der Waals surface area contributed by atoms with Crippen molar-refractivity contribution in [3.05, 3.63) is 71.3 Å². The number of aromatic nitrogens is 1. The van der Waals surface area contributed by atoms with Crippen LogP contribution >= 0.6 is 57.1 Å². The summed E-state index contributed by atoms with van der Waals surface area (Å²) in [5.41, 5.74) is 2.66. The van der Waals surface area contributed by atoms with E-state index in [-0.39, 0.29) is 5.91 Å². The van der Waals surface area contributed by atoms with Crippen molar-refractivity contribution in [1.29, 1.82) is 0 Å². The lowest BCUT2D eigenvalue weighted by atomic mass is 10.1. The number of amides is 1. The molecule has 0 atom stereocenters. The first-order chi connectivity index (χ1) is 13.5. The van der Waals surface area contributed by atoms with E-state index in [1.807, 2.05) is 36.4 Å². The van der Waals surface area contributed by atoms with Crippen molar-refractivity contribution in [2.45, 2.75) is 33.2 Å². The molecule has 0 aliphatic rings. The maximum absolute atomic E-state index is 12.8. The van der Waals surface area contributed by atoms with Gasteiger partial charge >= 0.3 is 0 Å². The number of thiazole rings is 1. The second-order valence-corrected chi connectivity index (χ2v) is 9.22. The lowest BCUT2D eigenvalue weighted by molar-refractivity contribution is 0.0997. The maximum Gasteiger partial charge on any atom is 0.280 e. The fourth-order valence-electron chi connectivity index (χ4n) is 2.97. The topological polar surface area (TPSA) is 34.4 Å². The van der Waals surface area contributed by atoms with E-state index in [0.717, 1.165) is 27.7 Å². The third kappa shape index (κ3) is 4.53. The van der Waals surface area contributed by atoms with Crippen LogP contribution in [0.1, 0.15) is 35.5 Å². The van der Waals surface area contributed by atoms with Gasteiger partial charge in [0.15, 0.2) is 4.80 Å². The SMILES string of the molecule is CCCc1sc(=NC(=O)c2ccccc2I)n(CC)c1-c1ccc(Cl)c(Cl)c1. The van der Waals surface area contributed by atoms with Gasteiger partial charge in [-0.15, -0.1) is 11.3 Å². The summed E-state index contributed by atoms with van der Waals surface area (Å²) in [6.07, 6.45) is 1.91. The normalized spacial score (nSPS) is 11.8. The molecule has 0 saturated heterocycles. The van der Waals surface area contributed by atoms with Crippen molar-refractivity contribution < 1.29 is 4.79 Å². The van der Waals surface area contributed by atoms with Crippen LogP contribution in [-0.4, -0.2) is 10.5 Å². The number of aryl methyl sites for hydroxylation is 1. The first kappa shape index (κ1) is 21.6. The van der Waals surface area contributed by atoms with Crippen LogP contribution in [0.3, 0.4) is 0 Å². The van der Waals surface area contributed by atoms with Crippen molar-refractivity contribution in [2.75, 3.05) is 0 Å². The first-order valence-corrected chi connectivity index (χ1v) is 11.6. The van der Waals surface area contributed by atoms with Gasteiger partial charge < -0.3 is 4.57 Å². The Kier molecular flexibility index (Phi) is 7.36. The van der Waals surface area contributed by atoms with Crippen LogP contribution in [-0.2, 0) is 13.0 Å². The molecule has 146 valence electrons. The van der Waals surface area contributed by atoms with Crippen molar-refractivity contribution in [1.82, 2.24) is 4.57 Å². The average Bonchev–Trinajstić information content (AvgIpc) is 3.01. The van der Waals surface area contributed by atoms with E-state index in [1.165, 1.54) is 4.88 Å². The molecule has 0 N–H and O–H groups in total. The summed E-state index contributed by atoms with van der Waals surface area (Å²) in [4.78, 5) is 19.2. The molecule has 2 aromatic carbocycles. The average molecular weight is 545 g/mol. The molecule has 0 bridgehead atoms. The fourth-order valence-corrected chi connectivity index (χ4v) is 5.20. The summed E-state index contributed by atoms with van der Waals surface area (Å²) >= 11 is 16.1. The van der Waals surface area contributed by atoms with Crippen LogP contribution in [0.4, 0.5) is 0 Å². The van der Waals surface area contributed by atoms with Gasteiger partial charge in [-0.05, 0) is 60.2 Å². The highest BCUT2D eigenvalue weighted by Gasteiger charge is 2.17. The number of halogens is 3. The Morgan fingerprint density at radius 3 is 2.54 bits per heavy atom. The summed E-state index contributed by atoms with van der Waals surface area (Å²) in [5, 5.41) is 1.04. The standard InChI is InChI=1S/C21H19Cl2IN2OS/c1-3-7-18-19(13-10-11-15(22)16(23)12-13)26(4-2)21(28-18)25-20(27)14-8-5-6-9-17(14)24/h5-6,8-12H,3-4,7H2,1-2H3. The highest BCUT2D eigenvalue weighted by atomic mass is 127. The molecule has 3 aromatic rings. The molecule has 0 aliphatic carbocycles. The zero-order valence-corrected chi connectivity index (χ0v) is 20.0. The highest BCUT2D eigenvalue weighted by molar-refractivity contribution is 14.1. The van der Waals surface area contributed by atoms with Gasteiger partial charge in [-0.2, -0.15) is 4.99 Å². The molecular formula is C21H19Cl2IN2OS. The molecule has 0 spiro atoms. The molecular weight excluding hydrogens is 526 g/mol. The van der Waals surface area contributed by atoms with Crippen molar-refractivity contribution >= 4 is 63.0 Å². The van der Waals surface area contributed by atoms with Gasteiger partial charge in [-0.1, -0.05) is 54.7 Å². The zero-order valence-electron chi connectivity index (χ0n) is 15.5. The summed E-state index contributed by atoms with van der Waals surface area (Å²) < 4.78 is 2.98. The Bertz CT molecular complexity index is 1090. The number of nitrogens with zero attached hydrogens (tertiary/aromatic N) is 2. The van der Waals surface area contributed by atoms with Crippen molar-refractivity contribution in [2.24, 2.45) is 4.99 Å². The van der Waals surface area contributed by atoms with Crippen LogP contribution in [0.15, 0.2) is 47.5 Å². The van der Waals surface area contributed by atoms with E-state index < -0.39 is 0 Å². The zero-order chi connectivity index (χ0) is 20.3. The minimum Gasteiger partial charge on any atom is -0.316 e. The Morgan fingerprint density at radius 2 is 1.89 bits per heavy atom. The molecule has 3 rings (SSSR count). The molecule has 1 heterocycles. The molecule has 1 amide bonds. The third-order valence-electron chi connectivity index (χ3n) is 4.27. The Hall–Kier alpha value is -1.15. The van der Waals surface area contributed by atoms with E-state index in [1.54, 1.807) is 17.4 Å². The fraction of sp³-hybridized carbons (Fsp3) is 0.238. The minimum absolute atomic E-state index is 0.225. The van der Waals surface area contributed by atoms with E-state index in [0.29, 0.717) is 27.0 Å². The predicted octanol–water partition coefficient (Wildman–Crippen LogP) is 6.84. The van der Waals surface area contributed by atoms with Gasteiger partial charge in [0, 0.05) is 20.6 Å². The van der Waals surface area contributed by atoms with Gasteiger partial charge in [0.2, 0.25) is 0 Å². The number of benzene rings is 2. The molecule has 7 heteroatoms. The summed E-state index contributed by atoms with van der Waals surface area (Å²) in [7, 11) is 0. The monoisotopic (exact) mass is 544 g/mol. The summed E-state index contributed by atoms with van der Waals surface area (Å²) in [6, 6.07) is 13.1. The third-order valence-corrected chi connectivity index (χ3v) is 7.09. The van der Waals surface area contributed by atoms with Crippen LogP contribution in [0.25, 0.3) is 11.3 Å². The summed E-state index contributed by atoms with van der Waals surface area (Å²) in [6.45, 7) is 4.90. The van der Waals surface area contributed by atoms with Gasteiger partial charge in [0.05, 0.1) is 21.3 Å². The second kappa shape index (κ2) is 9.57. The minimum atomic E-state index is -0.225. The quantitative estimate of drug-likeness (QED) is 0.324. The van der Waals surface area contributed by atoms with Gasteiger partial charge in [0.1, 0.15) is 0 Å². The Balaban J connectivity index is 2.19. The van der Waals surface area contributed by atoms with Gasteiger partial charge in [-0.3, -0.25) is 4.79 Å². The molecule has 0 unspecified atom stereocenters. The van der Waals surface area contributed by atoms with E-state index in [9.17, 15) is 4.79 Å². The van der Waals surface area contributed by atoms with Crippen LogP contribution in [0, 0.1) is 3.57 Å². The van der Waals surface area contributed by atoms with E-state index in [4.69, 9.17) is 23.2 Å². The van der Waals surface area contributed by atoms with Gasteiger partial charge in [0.25, 0.3) is 5.91 Å².